The van der Waals surface area contributed by atoms with Gasteiger partial charge in [0.15, 0.2) is 11.6 Å². The van der Waals surface area contributed by atoms with E-state index in [1.165, 1.54) is 6.33 Å². The van der Waals surface area contributed by atoms with Crippen LogP contribution >= 0.6 is 11.6 Å². The highest BCUT2D eigenvalue weighted by Crippen LogP contribution is 2.32. The number of hydrazine groups is 1. The van der Waals surface area contributed by atoms with E-state index in [4.69, 9.17) is 22.1 Å². The first kappa shape index (κ1) is 15.1. The number of nitrogens with one attached hydrogen (secondary N) is 2. The molecule has 0 radical (unpaired) electrons. The molecule has 0 fully saturated rings. The van der Waals surface area contributed by atoms with Crippen molar-refractivity contribution in [3.63, 3.8) is 0 Å². The molecule has 0 aliphatic carbocycles. The van der Waals surface area contributed by atoms with E-state index in [0.29, 0.717) is 33.8 Å². The van der Waals surface area contributed by atoms with Gasteiger partial charge in [0.2, 0.25) is 0 Å². The summed E-state index contributed by atoms with van der Waals surface area (Å²) < 4.78 is 5.28. The third-order valence-corrected chi connectivity index (χ3v) is 2.86. The van der Waals surface area contributed by atoms with Crippen LogP contribution < -0.4 is 21.2 Å². The highest BCUT2D eigenvalue weighted by atomic mass is 35.5. The minimum atomic E-state index is 0.397. The molecule has 8 heteroatoms. The number of halogens is 1. The van der Waals surface area contributed by atoms with Gasteiger partial charge >= 0.3 is 0 Å². The van der Waals surface area contributed by atoms with Gasteiger partial charge < -0.3 is 21.2 Å². The Bertz CT molecular complexity index is 634. The lowest BCUT2D eigenvalue weighted by molar-refractivity contribution is 0.417. The van der Waals surface area contributed by atoms with Crippen molar-refractivity contribution in [1.82, 2.24) is 15.0 Å². The zero-order chi connectivity index (χ0) is 15.4. The zero-order valence-electron chi connectivity index (χ0n) is 12.0. The second-order valence-corrected chi connectivity index (χ2v) is 4.90. The van der Waals surface area contributed by atoms with Gasteiger partial charge in [-0.3, -0.25) is 0 Å². The summed E-state index contributed by atoms with van der Waals surface area (Å²) in [4.78, 5) is 8.24. The number of nitrogens with two attached hydrogens (primary N) is 1. The fourth-order valence-electron chi connectivity index (χ4n) is 1.70. The van der Waals surface area contributed by atoms with Gasteiger partial charge in [-0.25, -0.2) is 15.0 Å². The van der Waals surface area contributed by atoms with Gasteiger partial charge in [0.25, 0.3) is 0 Å². The molecule has 1 aromatic heterocycles. The molecule has 0 unspecified atom stereocenters. The van der Waals surface area contributed by atoms with Gasteiger partial charge in [0.1, 0.15) is 17.8 Å². The van der Waals surface area contributed by atoms with Crippen LogP contribution in [0, 0.1) is 0 Å². The maximum atomic E-state index is 6.06. The van der Waals surface area contributed by atoms with Crippen LogP contribution in [0.15, 0.2) is 24.5 Å². The Morgan fingerprint density at radius 3 is 2.62 bits per heavy atom. The Balaban J connectivity index is 2.34. The fraction of sp³-hybridized carbons (Fsp3) is 0.231. The average molecular weight is 309 g/mol. The van der Waals surface area contributed by atoms with Gasteiger partial charge in [-0.2, -0.15) is 0 Å². The van der Waals surface area contributed by atoms with Crippen molar-refractivity contribution in [1.29, 1.82) is 0 Å². The van der Waals surface area contributed by atoms with Gasteiger partial charge in [-0.15, -0.1) is 0 Å². The van der Waals surface area contributed by atoms with E-state index in [-0.39, 0.29) is 0 Å². The number of hydrogen-bond donors (Lipinski definition) is 3. The molecule has 0 amide bonds. The predicted octanol–water partition coefficient (Wildman–Crippen LogP) is 2.35. The highest BCUT2D eigenvalue weighted by molar-refractivity contribution is 6.31. The Kier molecular flexibility index (Phi) is 4.66. The van der Waals surface area contributed by atoms with Gasteiger partial charge in [-0.1, -0.05) is 11.6 Å². The van der Waals surface area contributed by atoms with Gasteiger partial charge in [0.05, 0.1) is 12.8 Å². The van der Waals surface area contributed by atoms with Crippen molar-refractivity contribution in [3.8, 4) is 5.75 Å². The molecule has 112 valence electrons. The Morgan fingerprint density at radius 2 is 1.95 bits per heavy atom. The Hall–Kier alpha value is -2.25. The first-order chi connectivity index (χ1) is 10.0. The highest BCUT2D eigenvalue weighted by Gasteiger charge is 2.11. The third kappa shape index (κ3) is 3.65. The molecule has 1 aromatic carbocycles. The summed E-state index contributed by atoms with van der Waals surface area (Å²) in [5, 5.41) is 5.42. The van der Waals surface area contributed by atoms with E-state index in [0.717, 1.165) is 0 Å². The van der Waals surface area contributed by atoms with Crippen molar-refractivity contribution in [2.45, 2.75) is 0 Å². The molecule has 0 atom stereocenters. The molecule has 2 rings (SSSR count). The fourth-order valence-corrected chi connectivity index (χ4v) is 1.87. The second-order valence-electron chi connectivity index (χ2n) is 4.46. The number of benzene rings is 1. The van der Waals surface area contributed by atoms with Crippen LogP contribution in [0.5, 0.6) is 5.75 Å². The molecule has 7 nitrogen and oxygen atoms in total. The standard InChI is InChI=1S/C13H17ClN6O/c1-20(2)19-13-11(15)12(16-7-17-13)18-9-6-8(14)4-5-10(9)21-3/h4-7H,15H2,1-3H3,(H2,16,17,18,19). The molecule has 0 bridgehead atoms. The maximum Gasteiger partial charge on any atom is 0.169 e. The number of rotatable bonds is 5. The van der Waals surface area contributed by atoms with E-state index in [9.17, 15) is 0 Å². The Labute approximate surface area is 128 Å². The number of methoxy groups -OCH3 is 1. The van der Waals surface area contributed by atoms with Crippen molar-refractivity contribution in [2.24, 2.45) is 0 Å². The zero-order valence-corrected chi connectivity index (χ0v) is 12.8. The first-order valence-corrected chi connectivity index (χ1v) is 6.54. The summed E-state index contributed by atoms with van der Waals surface area (Å²) in [6, 6.07) is 5.25. The lowest BCUT2D eigenvalue weighted by atomic mass is 10.3. The predicted molar refractivity (Wildman–Crippen MR) is 85.0 cm³/mol. The van der Waals surface area contributed by atoms with Crippen molar-refractivity contribution < 1.29 is 4.74 Å². The molecule has 4 N–H and O–H groups in total. The number of ether oxygens (including phenoxy) is 1. The van der Waals surface area contributed by atoms with Crippen LogP contribution in [-0.4, -0.2) is 36.2 Å². The van der Waals surface area contributed by atoms with E-state index in [1.54, 1.807) is 30.3 Å². The molecule has 1 heterocycles. The molecule has 0 spiro atoms. The molecule has 0 saturated carbocycles. The lowest BCUT2D eigenvalue weighted by Gasteiger charge is -2.17. The minimum absolute atomic E-state index is 0.397. The van der Waals surface area contributed by atoms with E-state index in [1.807, 2.05) is 14.1 Å². The monoisotopic (exact) mass is 308 g/mol. The number of aromatic nitrogens is 2. The summed E-state index contributed by atoms with van der Waals surface area (Å²) in [5.41, 5.74) is 10.1. The van der Waals surface area contributed by atoms with Crippen LogP contribution in [0.2, 0.25) is 5.02 Å². The number of hydrogen-bond acceptors (Lipinski definition) is 7. The largest absolute Gasteiger partial charge is 0.495 e. The smallest absolute Gasteiger partial charge is 0.169 e. The van der Waals surface area contributed by atoms with E-state index in [2.05, 4.69) is 20.7 Å². The van der Waals surface area contributed by atoms with Crippen molar-refractivity contribution >= 4 is 34.6 Å². The summed E-state index contributed by atoms with van der Waals surface area (Å²) in [7, 11) is 5.26. The second kappa shape index (κ2) is 6.47. The molecular weight excluding hydrogens is 292 g/mol. The molecule has 21 heavy (non-hydrogen) atoms. The third-order valence-electron chi connectivity index (χ3n) is 2.63. The van der Waals surface area contributed by atoms with Crippen molar-refractivity contribution in [2.75, 3.05) is 37.7 Å². The summed E-state index contributed by atoms with van der Waals surface area (Å²) in [6.45, 7) is 0. The molecule has 0 aliphatic heterocycles. The molecular formula is C13H17ClN6O. The number of nitrogen functional groups attached to an aromatic ring is 1. The molecule has 2 aromatic rings. The summed E-state index contributed by atoms with van der Waals surface area (Å²) in [6.07, 6.45) is 1.42. The number of anilines is 4. The SMILES string of the molecule is COc1ccc(Cl)cc1Nc1ncnc(NN(C)C)c1N. The van der Waals surface area contributed by atoms with Crippen LogP contribution in [0.3, 0.4) is 0 Å². The number of nitrogens with zero attached hydrogens (tertiary/aromatic N) is 3. The summed E-state index contributed by atoms with van der Waals surface area (Å²) >= 11 is 6.00. The van der Waals surface area contributed by atoms with Crippen LogP contribution in [0.1, 0.15) is 0 Å². The minimum Gasteiger partial charge on any atom is -0.495 e. The summed E-state index contributed by atoms with van der Waals surface area (Å²) in [5.74, 6) is 1.62. The van der Waals surface area contributed by atoms with Crippen LogP contribution in [0.25, 0.3) is 0 Å². The first-order valence-electron chi connectivity index (χ1n) is 6.16. The van der Waals surface area contributed by atoms with Crippen molar-refractivity contribution in [3.05, 3.63) is 29.5 Å². The lowest BCUT2D eigenvalue weighted by Crippen LogP contribution is -2.21. The van der Waals surface area contributed by atoms with Crippen LogP contribution in [0.4, 0.5) is 23.0 Å². The van der Waals surface area contributed by atoms with Crippen LogP contribution in [-0.2, 0) is 0 Å². The quantitative estimate of drug-likeness (QED) is 0.731. The van der Waals surface area contributed by atoms with Gasteiger partial charge in [0, 0.05) is 19.1 Å². The normalized spacial score (nSPS) is 10.5. The molecule has 0 saturated heterocycles. The average Bonchev–Trinajstić information content (AvgIpc) is 2.43. The topological polar surface area (TPSA) is 88.3 Å². The Morgan fingerprint density at radius 1 is 1.24 bits per heavy atom. The van der Waals surface area contributed by atoms with Gasteiger partial charge in [-0.05, 0) is 18.2 Å². The maximum absolute atomic E-state index is 6.06. The van der Waals surface area contributed by atoms with E-state index >= 15 is 0 Å². The molecule has 0 aliphatic rings. The van der Waals surface area contributed by atoms with E-state index < -0.39 is 0 Å².